The number of imide groups is 2. The minimum atomic E-state index is -1.04. The quantitative estimate of drug-likeness (QED) is 0.762. The van der Waals surface area contributed by atoms with Crippen molar-refractivity contribution in [3.8, 4) is 0 Å². The highest BCUT2D eigenvalue weighted by Crippen LogP contribution is 2.27. The van der Waals surface area contributed by atoms with E-state index in [1.54, 1.807) is 0 Å². The van der Waals surface area contributed by atoms with Crippen molar-refractivity contribution in [2.24, 2.45) is 5.92 Å². The van der Waals surface area contributed by atoms with Gasteiger partial charge in [-0.15, -0.1) is 0 Å². The second-order valence-electron chi connectivity index (χ2n) is 6.91. The van der Waals surface area contributed by atoms with Gasteiger partial charge in [-0.3, -0.25) is 19.8 Å². The molecule has 0 unspecified atom stereocenters. The van der Waals surface area contributed by atoms with Gasteiger partial charge >= 0.3 is 6.03 Å². The van der Waals surface area contributed by atoms with E-state index in [-0.39, 0.29) is 6.04 Å². The van der Waals surface area contributed by atoms with Crippen molar-refractivity contribution in [3.05, 3.63) is 12.3 Å². The van der Waals surface area contributed by atoms with E-state index in [4.69, 9.17) is 0 Å². The van der Waals surface area contributed by atoms with E-state index in [1.165, 1.54) is 11.3 Å². The number of amides is 4. The summed E-state index contributed by atoms with van der Waals surface area (Å²) in [4.78, 5) is 38.5. The van der Waals surface area contributed by atoms with Gasteiger partial charge in [0.15, 0.2) is 5.92 Å². The van der Waals surface area contributed by atoms with E-state index in [0.29, 0.717) is 5.70 Å². The fourth-order valence-electron chi connectivity index (χ4n) is 3.85. The maximum absolute atomic E-state index is 12.9. The molecule has 1 aliphatic carbocycles. The van der Waals surface area contributed by atoms with Crippen molar-refractivity contribution in [1.82, 2.24) is 20.7 Å². The zero-order valence-corrected chi connectivity index (χ0v) is 14.1. The summed E-state index contributed by atoms with van der Waals surface area (Å²) in [6.45, 7) is 5.64. The van der Waals surface area contributed by atoms with E-state index >= 15 is 0 Å². The Morgan fingerprint density at radius 1 is 1.00 bits per heavy atom. The zero-order valence-electron chi connectivity index (χ0n) is 14.1. The molecule has 132 valence electrons. The van der Waals surface area contributed by atoms with Crippen molar-refractivity contribution >= 4 is 17.8 Å². The fourth-order valence-corrected chi connectivity index (χ4v) is 3.85. The topological polar surface area (TPSA) is 81.8 Å². The van der Waals surface area contributed by atoms with Gasteiger partial charge in [-0.25, -0.2) is 9.80 Å². The maximum Gasteiger partial charge on any atom is 0.331 e. The average Bonchev–Trinajstić information content (AvgIpc) is 2.56. The third-order valence-electron chi connectivity index (χ3n) is 5.14. The number of hydrazine groups is 1. The lowest BCUT2D eigenvalue weighted by molar-refractivity contribution is -0.143. The van der Waals surface area contributed by atoms with Gasteiger partial charge in [0.25, 0.3) is 0 Å². The zero-order chi connectivity index (χ0) is 17.1. The minimum absolute atomic E-state index is 0.107. The van der Waals surface area contributed by atoms with Gasteiger partial charge in [-0.1, -0.05) is 32.3 Å². The number of nitrogens with zero attached hydrogens (tertiary/aromatic N) is 2. The molecule has 0 aromatic heterocycles. The molecule has 2 aliphatic heterocycles. The number of nitrogens with one attached hydrogen (secondary N) is 2. The summed E-state index contributed by atoms with van der Waals surface area (Å²) in [5.74, 6) is -2.05. The first-order valence-electron chi connectivity index (χ1n) is 8.96. The van der Waals surface area contributed by atoms with E-state index in [9.17, 15) is 14.4 Å². The molecule has 2 saturated heterocycles. The van der Waals surface area contributed by atoms with Crippen molar-refractivity contribution in [1.29, 1.82) is 0 Å². The number of piperidine rings is 1. The molecule has 0 aromatic rings. The van der Waals surface area contributed by atoms with Crippen LogP contribution in [0.1, 0.15) is 51.4 Å². The van der Waals surface area contributed by atoms with Crippen LogP contribution in [-0.2, 0) is 9.59 Å². The van der Waals surface area contributed by atoms with Crippen LogP contribution in [0.3, 0.4) is 0 Å². The molecule has 1 atom stereocenters. The predicted octanol–water partition coefficient (Wildman–Crippen LogP) is 1.52. The highest BCUT2D eigenvalue weighted by atomic mass is 16.2. The van der Waals surface area contributed by atoms with Gasteiger partial charge in [0, 0.05) is 24.8 Å². The standard InChI is InChI=1S/C17H26N4O3/c1-12(19-20-10-6-3-7-11-20)14-15(22)18-17(24)21(16(14)23)13-8-4-2-5-9-13/h13-14,19H,1-11H2,(H,18,22,24)/t14-/m0/s1. The Labute approximate surface area is 142 Å². The van der Waals surface area contributed by atoms with E-state index in [1.807, 2.05) is 5.01 Å². The van der Waals surface area contributed by atoms with Gasteiger partial charge in [-0.05, 0) is 25.7 Å². The molecule has 2 heterocycles. The van der Waals surface area contributed by atoms with Crippen LogP contribution in [0.4, 0.5) is 4.79 Å². The number of hydrogen-bond donors (Lipinski definition) is 2. The third-order valence-corrected chi connectivity index (χ3v) is 5.14. The van der Waals surface area contributed by atoms with Crippen LogP contribution >= 0.6 is 0 Å². The highest BCUT2D eigenvalue weighted by molar-refractivity contribution is 6.17. The SMILES string of the molecule is C=C(NN1CCCCC1)[C@H]1C(=O)NC(=O)N(C2CCCCC2)C1=O. The highest BCUT2D eigenvalue weighted by Gasteiger charge is 2.45. The van der Waals surface area contributed by atoms with Gasteiger partial charge in [0.1, 0.15) is 0 Å². The van der Waals surface area contributed by atoms with E-state index in [0.717, 1.165) is 58.0 Å². The van der Waals surface area contributed by atoms with Gasteiger partial charge in [0.2, 0.25) is 11.8 Å². The van der Waals surface area contributed by atoms with Gasteiger partial charge < -0.3 is 5.43 Å². The molecular formula is C17H26N4O3. The molecule has 7 heteroatoms. The van der Waals surface area contributed by atoms with Crippen LogP contribution in [0.5, 0.6) is 0 Å². The molecule has 3 aliphatic rings. The van der Waals surface area contributed by atoms with Crippen LogP contribution in [0.25, 0.3) is 0 Å². The molecule has 1 saturated carbocycles. The summed E-state index contributed by atoms with van der Waals surface area (Å²) in [6.07, 6.45) is 8.12. The van der Waals surface area contributed by atoms with Crippen LogP contribution in [0.15, 0.2) is 12.3 Å². The number of urea groups is 1. The largest absolute Gasteiger partial charge is 0.331 e. The normalized spacial score (nSPS) is 27.1. The Balaban J connectivity index is 1.70. The van der Waals surface area contributed by atoms with Crippen molar-refractivity contribution in [3.63, 3.8) is 0 Å². The summed E-state index contributed by atoms with van der Waals surface area (Å²) in [6, 6.07) is -0.691. The summed E-state index contributed by atoms with van der Waals surface area (Å²) in [5.41, 5.74) is 3.46. The summed E-state index contributed by atoms with van der Waals surface area (Å²) < 4.78 is 0. The molecular weight excluding hydrogens is 308 g/mol. The van der Waals surface area contributed by atoms with Crippen LogP contribution < -0.4 is 10.7 Å². The molecule has 0 bridgehead atoms. The smallest absolute Gasteiger partial charge is 0.322 e. The van der Waals surface area contributed by atoms with Crippen LogP contribution in [0, 0.1) is 5.92 Å². The first-order chi connectivity index (χ1) is 11.6. The lowest BCUT2D eigenvalue weighted by Crippen LogP contribution is -2.62. The molecule has 3 rings (SSSR count). The maximum atomic E-state index is 12.9. The van der Waals surface area contributed by atoms with Gasteiger partial charge in [0.05, 0.1) is 0 Å². The predicted molar refractivity (Wildman–Crippen MR) is 88.4 cm³/mol. The van der Waals surface area contributed by atoms with Crippen molar-refractivity contribution in [2.45, 2.75) is 57.4 Å². The fraction of sp³-hybridized carbons (Fsp3) is 0.706. The molecule has 0 spiro atoms. The Bertz CT molecular complexity index is 536. The second kappa shape index (κ2) is 7.34. The van der Waals surface area contributed by atoms with Crippen molar-refractivity contribution in [2.75, 3.05) is 13.1 Å². The lowest BCUT2D eigenvalue weighted by atomic mass is 9.92. The molecule has 3 fully saturated rings. The monoisotopic (exact) mass is 334 g/mol. The molecule has 7 nitrogen and oxygen atoms in total. The number of hydrogen-bond acceptors (Lipinski definition) is 5. The first kappa shape index (κ1) is 17.0. The third kappa shape index (κ3) is 3.45. The van der Waals surface area contributed by atoms with E-state index in [2.05, 4.69) is 17.3 Å². The Hall–Kier alpha value is -1.89. The van der Waals surface area contributed by atoms with Gasteiger partial charge in [-0.2, -0.15) is 0 Å². The van der Waals surface area contributed by atoms with Crippen molar-refractivity contribution < 1.29 is 14.4 Å². The molecule has 2 N–H and O–H groups in total. The Kier molecular flexibility index (Phi) is 5.18. The molecule has 0 aromatic carbocycles. The summed E-state index contributed by atoms with van der Waals surface area (Å²) >= 11 is 0. The number of carbonyl (C=O) groups is 3. The number of rotatable bonds is 4. The lowest BCUT2D eigenvalue weighted by Gasteiger charge is -2.39. The Morgan fingerprint density at radius 2 is 1.62 bits per heavy atom. The van der Waals surface area contributed by atoms with Crippen LogP contribution in [0.2, 0.25) is 0 Å². The number of carbonyl (C=O) groups excluding carboxylic acids is 3. The Morgan fingerprint density at radius 3 is 2.29 bits per heavy atom. The summed E-state index contributed by atoms with van der Waals surface area (Å²) in [7, 11) is 0. The molecule has 4 amide bonds. The van der Waals surface area contributed by atoms with E-state index < -0.39 is 23.8 Å². The van der Waals surface area contributed by atoms with Crippen LogP contribution in [-0.4, -0.2) is 46.9 Å². The molecule has 24 heavy (non-hydrogen) atoms. The minimum Gasteiger partial charge on any atom is -0.322 e. The first-order valence-corrected chi connectivity index (χ1v) is 8.96. The summed E-state index contributed by atoms with van der Waals surface area (Å²) in [5, 5.41) is 4.33. The average molecular weight is 334 g/mol. The molecule has 0 radical (unpaired) electrons. The number of barbiturate groups is 1. The second-order valence-corrected chi connectivity index (χ2v) is 6.91.